The molecule has 1 unspecified atom stereocenters. The monoisotopic (exact) mass is 314 g/mol. The van der Waals surface area contributed by atoms with Crippen LogP contribution in [0.3, 0.4) is 0 Å². The molecular weight excluding hydrogens is 292 g/mol. The van der Waals surface area contributed by atoms with Crippen molar-refractivity contribution in [2.45, 2.75) is 49.7 Å². The number of hydrogen-bond donors (Lipinski definition) is 0. The molecule has 0 radical (unpaired) electrons. The summed E-state index contributed by atoms with van der Waals surface area (Å²) in [7, 11) is 0. The lowest BCUT2D eigenvalue weighted by Gasteiger charge is -2.36. The van der Waals surface area contributed by atoms with Gasteiger partial charge < -0.3 is 4.74 Å². The molecule has 0 bridgehead atoms. The van der Waals surface area contributed by atoms with E-state index in [2.05, 4.69) is 62.4 Å². The Morgan fingerprint density at radius 3 is 1.64 bits per heavy atom. The Morgan fingerprint density at radius 1 is 0.864 bits per heavy atom. The molecule has 1 nitrogen and oxygen atoms in total. The van der Waals surface area contributed by atoms with Crippen LogP contribution >= 0.6 is 11.6 Å². The van der Waals surface area contributed by atoms with Crippen LogP contribution in [0.2, 0.25) is 0 Å². The van der Waals surface area contributed by atoms with Crippen molar-refractivity contribution in [2.75, 3.05) is 0 Å². The number of hydrogen-bond acceptors (Lipinski definition) is 1. The fourth-order valence-corrected chi connectivity index (χ4v) is 4.30. The average Bonchev–Trinajstić information content (AvgIpc) is 2.85. The van der Waals surface area contributed by atoms with Crippen LogP contribution in [0.1, 0.15) is 49.7 Å². The Kier molecular flexibility index (Phi) is 4.56. The molecule has 2 aromatic carbocycles. The van der Waals surface area contributed by atoms with E-state index in [0.717, 1.165) is 12.8 Å². The van der Waals surface area contributed by atoms with Crippen LogP contribution in [-0.4, -0.2) is 11.2 Å². The molecule has 1 aliphatic carbocycles. The fourth-order valence-electron chi connectivity index (χ4n) is 3.65. The van der Waals surface area contributed by atoms with Crippen LogP contribution in [0.15, 0.2) is 60.7 Å². The summed E-state index contributed by atoms with van der Waals surface area (Å²) in [5, 5.41) is -0.670. The van der Waals surface area contributed by atoms with Crippen molar-refractivity contribution in [2.24, 2.45) is 0 Å². The third-order valence-corrected chi connectivity index (χ3v) is 5.13. The van der Waals surface area contributed by atoms with E-state index in [9.17, 15) is 0 Å². The first-order valence-corrected chi connectivity index (χ1v) is 8.45. The van der Waals surface area contributed by atoms with Crippen LogP contribution in [0.5, 0.6) is 0 Å². The maximum absolute atomic E-state index is 7.14. The van der Waals surface area contributed by atoms with E-state index in [0.29, 0.717) is 0 Å². The summed E-state index contributed by atoms with van der Waals surface area (Å²) in [6, 6.07) is 21.1. The van der Waals surface area contributed by atoms with Gasteiger partial charge in [0.2, 0.25) is 0 Å². The van der Waals surface area contributed by atoms with E-state index >= 15 is 0 Å². The van der Waals surface area contributed by atoms with Crippen LogP contribution in [0.4, 0.5) is 0 Å². The zero-order chi connectivity index (χ0) is 15.6. The summed E-state index contributed by atoms with van der Waals surface area (Å²) in [6.07, 6.45) is 2.22. The van der Waals surface area contributed by atoms with Crippen LogP contribution < -0.4 is 0 Å². The molecule has 0 N–H and O–H groups in total. The van der Waals surface area contributed by atoms with E-state index < -0.39 is 5.06 Å². The van der Waals surface area contributed by atoms with Crippen LogP contribution in [-0.2, 0) is 4.74 Å². The molecule has 2 aromatic rings. The van der Waals surface area contributed by atoms with E-state index in [-0.39, 0.29) is 17.9 Å². The van der Waals surface area contributed by atoms with E-state index in [1.807, 2.05) is 12.1 Å². The quantitative estimate of drug-likeness (QED) is 0.657. The summed E-state index contributed by atoms with van der Waals surface area (Å²) in [5.74, 6) is 0.450. The number of benzene rings is 2. The van der Waals surface area contributed by atoms with Gasteiger partial charge in [-0.1, -0.05) is 72.3 Å². The maximum Gasteiger partial charge on any atom is 0.155 e. The summed E-state index contributed by atoms with van der Waals surface area (Å²) >= 11 is 7.14. The second kappa shape index (κ2) is 6.44. The summed E-state index contributed by atoms with van der Waals surface area (Å²) in [4.78, 5) is 0. The Bertz CT molecular complexity index is 546. The van der Waals surface area contributed by atoms with Crippen LogP contribution in [0, 0.1) is 0 Å². The van der Waals surface area contributed by atoms with Gasteiger partial charge in [0.25, 0.3) is 0 Å². The molecular formula is C20H23ClO. The number of ether oxygens (including phenoxy) is 1. The third kappa shape index (κ3) is 2.93. The SMILES string of the molecule is CC(C)OC1(Cl)[C@@H](c2ccccc2)CC[C@H]1c1ccccc1. The first kappa shape index (κ1) is 15.6. The van der Waals surface area contributed by atoms with Gasteiger partial charge in [0.05, 0.1) is 6.10 Å². The normalized spacial score (nSPS) is 28.2. The van der Waals surface area contributed by atoms with Crippen molar-refractivity contribution in [3.63, 3.8) is 0 Å². The molecule has 0 saturated heterocycles. The van der Waals surface area contributed by atoms with Crippen molar-refractivity contribution >= 4 is 11.6 Å². The van der Waals surface area contributed by atoms with Gasteiger partial charge in [0.1, 0.15) is 0 Å². The Balaban J connectivity index is 1.99. The first-order valence-electron chi connectivity index (χ1n) is 8.08. The highest BCUT2D eigenvalue weighted by atomic mass is 35.5. The molecule has 0 heterocycles. The molecule has 3 rings (SSSR count). The molecule has 1 aliphatic rings. The number of halogens is 1. The minimum atomic E-state index is -0.670. The fraction of sp³-hybridized carbons (Fsp3) is 0.400. The lowest BCUT2D eigenvalue weighted by Crippen LogP contribution is -2.37. The Hall–Kier alpha value is -1.31. The standard InChI is InChI=1S/C20H23ClO/c1-15(2)22-20(21)18(16-9-5-3-6-10-16)13-14-19(20)17-11-7-4-8-12-17/h3-12,15,18-19H,13-14H2,1-2H3/t18-,19+,20?. The van der Waals surface area contributed by atoms with Gasteiger partial charge in [-0.15, -0.1) is 0 Å². The molecule has 0 amide bonds. The van der Waals surface area contributed by atoms with Crippen LogP contribution in [0.25, 0.3) is 0 Å². The van der Waals surface area contributed by atoms with E-state index in [4.69, 9.17) is 16.3 Å². The molecule has 3 atom stereocenters. The van der Waals surface area contributed by atoms with Crippen molar-refractivity contribution < 1.29 is 4.74 Å². The lowest BCUT2D eigenvalue weighted by molar-refractivity contribution is -0.0386. The third-order valence-electron chi connectivity index (χ3n) is 4.51. The smallest absolute Gasteiger partial charge is 0.155 e. The topological polar surface area (TPSA) is 9.23 Å². The summed E-state index contributed by atoms with van der Waals surface area (Å²) < 4.78 is 6.30. The number of rotatable bonds is 4. The van der Waals surface area contributed by atoms with E-state index in [1.165, 1.54) is 11.1 Å². The minimum absolute atomic E-state index is 0.105. The second-order valence-electron chi connectivity index (χ2n) is 6.37. The van der Waals surface area contributed by atoms with Gasteiger partial charge in [-0.25, -0.2) is 0 Å². The predicted octanol–water partition coefficient (Wildman–Crippen LogP) is 5.71. The van der Waals surface area contributed by atoms with Crippen molar-refractivity contribution in [3.05, 3.63) is 71.8 Å². The molecule has 22 heavy (non-hydrogen) atoms. The van der Waals surface area contributed by atoms with Crippen molar-refractivity contribution in [3.8, 4) is 0 Å². The molecule has 0 aliphatic heterocycles. The zero-order valence-electron chi connectivity index (χ0n) is 13.2. The largest absolute Gasteiger partial charge is 0.356 e. The van der Waals surface area contributed by atoms with Gasteiger partial charge in [-0.3, -0.25) is 0 Å². The Morgan fingerprint density at radius 2 is 1.27 bits per heavy atom. The molecule has 0 aromatic heterocycles. The lowest BCUT2D eigenvalue weighted by atomic mass is 9.89. The summed E-state index contributed by atoms with van der Waals surface area (Å²) in [5.41, 5.74) is 2.55. The van der Waals surface area contributed by atoms with Gasteiger partial charge in [-0.2, -0.15) is 0 Å². The first-order chi connectivity index (χ1) is 10.6. The average molecular weight is 315 g/mol. The van der Waals surface area contributed by atoms with Gasteiger partial charge in [0.15, 0.2) is 5.06 Å². The highest BCUT2D eigenvalue weighted by molar-refractivity contribution is 6.24. The highest BCUT2D eigenvalue weighted by Crippen LogP contribution is 2.56. The van der Waals surface area contributed by atoms with Gasteiger partial charge >= 0.3 is 0 Å². The van der Waals surface area contributed by atoms with Gasteiger partial charge in [-0.05, 0) is 37.8 Å². The van der Waals surface area contributed by atoms with Gasteiger partial charge in [0, 0.05) is 11.8 Å². The number of alkyl halides is 1. The zero-order valence-corrected chi connectivity index (χ0v) is 14.0. The molecule has 1 fully saturated rings. The summed E-state index contributed by atoms with van der Waals surface area (Å²) in [6.45, 7) is 4.12. The Labute approximate surface area is 138 Å². The molecule has 116 valence electrons. The second-order valence-corrected chi connectivity index (χ2v) is 6.96. The van der Waals surface area contributed by atoms with Crippen molar-refractivity contribution in [1.29, 1.82) is 0 Å². The molecule has 1 saturated carbocycles. The molecule has 2 heteroatoms. The molecule has 0 spiro atoms. The van der Waals surface area contributed by atoms with Crippen molar-refractivity contribution in [1.82, 2.24) is 0 Å². The highest BCUT2D eigenvalue weighted by Gasteiger charge is 2.51. The van der Waals surface area contributed by atoms with E-state index in [1.54, 1.807) is 0 Å². The maximum atomic E-state index is 7.14. The predicted molar refractivity (Wildman–Crippen MR) is 92.4 cm³/mol. The minimum Gasteiger partial charge on any atom is -0.356 e.